The molecule has 0 aromatic carbocycles. The summed E-state index contributed by atoms with van der Waals surface area (Å²) in [4.78, 5) is 2.75. The molecule has 0 amide bonds. The van der Waals surface area contributed by atoms with Gasteiger partial charge in [0.05, 0.1) is 0 Å². The first-order valence-corrected chi connectivity index (χ1v) is 8.23. The van der Waals surface area contributed by atoms with Crippen LogP contribution in [0.1, 0.15) is 46.5 Å². The Morgan fingerprint density at radius 2 is 2.12 bits per heavy atom. The van der Waals surface area contributed by atoms with Crippen LogP contribution < -0.4 is 5.73 Å². The van der Waals surface area contributed by atoms with Gasteiger partial charge in [-0.1, -0.05) is 13.8 Å². The van der Waals surface area contributed by atoms with E-state index in [0.717, 1.165) is 12.5 Å². The van der Waals surface area contributed by atoms with Gasteiger partial charge in [-0.05, 0) is 50.8 Å². The van der Waals surface area contributed by atoms with Crippen LogP contribution in [-0.2, 0) is 0 Å². The highest BCUT2D eigenvalue weighted by atomic mass is 32.2. The van der Waals surface area contributed by atoms with E-state index in [0.29, 0.717) is 11.3 Å². The third-order valence-electron chi connectivity index (χ3n) is 4.94. The molecule has 0 saturated carbocycles. The minimum absolute atomic E-state index is 0.280. The predicted octanol–water partition coefficient (Wildman–Crippen LogP) is 2.72. The maximum Gasteiger partial charge on any atom is 0.0450 e. The number of hydrogen-bond acceptors (Lipinski definition) is 3. The van der Waals surface area contributed by atoms with Crippen LogP contribution in [-0.4, -0.2) is 40.6 Å². The maximum atomic E-state index is 6.20. The first kappa shape index (κ1) is 13.7. The molecule has 2 heterocycles. The van der Waals surface area contributed by atoms with Crippen LogP contribution in [0.5, 0.6) is 0 Å². The second-order valence-corrected chi connectivity index (χ2v) is 7.54. The van der Waals surface area contributed by atoms with E-state index in [2.05, 4.69) is 37.4 Å². The molecule has 2 saturated heterocycles. The van der Waals surface area contributed by atoms with E-state index >= 15 is 0 Å². The van der Waals surface area contributed by atoms with Crippen molar-refractivity contribution in [1.82, 2.24) is 4.90 Å². The molecule has 0 spiro atoms. The zero-order valence-corrected chi connectivity index (χ0v) is 12.4. The quantitative estimate of drug-likeness (QED) is 0.824. The van der Waals surface area contributed by atoms with Crippen molar-refractivity contribution in [2.45, 2.75) is 63.3 Å². The van der Waals surface area contributed by atoms with Gasteiger partial charge < -0.3 is 5.73 Å². The number of piperidine rings is 1. The van der Waals surface area contributed by atoms with Gasteiger partial charge in [0, 0.05) is 23.4 Å². The summed E-state index contributed by atoms with van der Waals surface area (Å²) in [5.41, 5.74) is 6.48. The summed E-state index contributed by atoms with van der Waals surface area (Å²) in [6.45, 7) is 9.27. The van der Waals surface area contributed by atoms with Crippen LogP contribution in [0.4, 0.5) is 0 Å². The fraction of sp³-hybridized carbons (Fsp3) is 1.00. The smallest absolute Gasteiger partial charge is 0.0450 e. The largest absolute Gasteiger partial charge is 0.329 e. The van der Waals surface area contributed by atoms with Crippen molar-refractivity contribution in [3.8, 4) is 0 Å². The molecule has 2 N–H and O–H groups in total. The Bertz CT molecular complexity index is 259. The number of hydrogen-bond donors (Lipinski definition) is 1. The fourth-order valence-electron chi connectivity index (χ4n) is 3.83. The average molecular weight is 256 g/mol. The van der Waals surface area contributed by atoms with Gasteiger partial charge in [-0.2, -0.15) is 11.8 Å². The molecule has 0 radical (unpaired) electrons. The Balaban J connectivity index is 2.16. The Hall–Kier alpha value is 0.270. The van der Waals surface area contributed by atoms with Crippen LogP contribution in [0.15, 0.2) is 0 Å². The van der Waals surface area contributed by atoms with E-state index in [1.807, 2.05) is 0 Å². The van der Waals surface area contributed by atoms with Gasteiger partial charge in [0.15, 0.2) is 0 Å². The van der Waals surface area contributed by atoms with Gasteiger partial charge in [0.25, 0.3) is 0 Å². The lowest BCUT2D eigenvalue weighted by atomic mass is 9.82. The van der Waals surface area contributed by atoms with E-state index in [9.17, 15) is 0 Å². The number of nitrogens with two attached hydrogens (primary N) is 1. The van der Waals surface area contributed by atoms with E-state index in [1.165, 1.54) is 38.0 Å². The van der Waals surface area contributed by atoms with Crippen molar-refractivity contribution in [2.75, 3.05) is 18.8 Å². The highest BCUT2D eigenvalue weighted by Gasteiger charge is 2.45. The van der Waals surface area contributed by atoms with Crippen molar-refractivity contribution >= 4 is 11.8 Å². The SMILES string of the molecule is CC1CCN(C2(CN)CCCSC2C)C(C)C1. The van der Waals surface area contributed by atoms with Crippen molar-refractivity contribution in [2.24, 2.45) is 11.7 Å². The molecule has 2 aliphatic rings. The van der Waals surface area contributed by atoms with Gasteiger partial charge >= 0.3 is 0 Å². The van der Waals surface area contributed by atoms with E-state index < -0.39 is 0 Å². The molecule has 0 bridgehead atoms. The Labute approximate surface area is 111 Å². The van der Waals surface area contributed by atoms with Crippen LogP contribution in [0, 0.1) is 5.92 Å². The zero-order chi connectivity index (χ0) is 12.5. The number of nitrogens with zero attached hydrogens (tertiary/aromatic N) is 1. The summed E-state index contributed by atoms with van der Waals surface area (Å²) in [6, 6.07) is 0.712. The summed E-state index contributed by atoms with van der Waals surface area (Å²) in [5, 5.41) is 0.692. The normalized spacial score (nSPS) is 44.8. The second-order valence-electron chi connectivity index (χ2n) is 6.10. The minimum atomic E-state index is 0.280. The molecular formula is C14H28N2S. The van der Waals surface area contributed by atoms with Crippen molar-refractivity contribution in [3.05, 3.63) is 0 Å². The third kappa shape index (κ3) is 2.52. The van der Waals surface area contributed by atoms with Crippen LogP contribution in [0.2, 0.25) is 0 Å². The molecule has 2 rings (SSSR count). The molecule has 2 nitrogen and oxygen atoms in total. The van der Waals surface area contributed by atoms with Crippen molar-refractivity contribution in [1.29, 1.82) is 0 Å². The summed E-state index contributed by atoms with van der Waals surface area (Å²) in [7, 11) is 0. The highest BCUT2D eigenvalue weighted by molar-refractivity contribution is 8.00. The summed E-state index contributed by atoms with van der Waals surface area (Å²) < 4.78 is 0. The highest BCUT2D eigenvalue weighted by Crippen LogP contribution is 2.41. The van der Waals surface area contributed by atoms with Crippen LogP contribution in [0.25, 0.3) is 0 Å². The summed E-state index contributed by atoms with van der Waals surface area (Å²) in [5.74, 6) is 2.21. The zero-order valence-electron chi connectivity index (χ0n) is 11.6. The number of rotatable bonds is 2. The van der Waals surface area contributed by atoms with Gasteiger partial charge in [0.1, 0.15) is 0 Å². The maximum absolute atomic E-state index is 6.20. The lowest BCUT2D eigenvalue weighted by Crippen LogP contribution is -2.64. The molecule has 0 aliphatic carbocycles. The van der Waals surface area contributed by atoms with E-state index in [4.69, 9.17) is 5.73 Å². The topological polar surface area (TPSA) is 29.3 Å². The predicted molar refractivity (Wildman–Crippen MR) is 77.5 cm³/mol. The molecule has 2 fully saturated rings. The fourth-order valence-corrected chi connectivity index (χ4v) is 5.15. The van der Waals surface area contributed by atoms with Gasteiger partial charge in [0.2, 0.25) is 0 Å². The molecule has 100 valence electrons. The minimum Gasteiger partial charge on any atom is -0.329 e. The van der Waals surface area contributed by atoms with Crippen LogP contribution in [0.3, 0.4) is 0 Å². The molecule has 0 aromatic heterocycles. The lowest BCUT2D eigenvalue weighted by molar-refractivity contribution is 0.00767. The molecule has 17 heavy (non-hydrogen) atoms. The first-order valence-electron chi connectivity index (χ1n) is 7.18. The van der Waals surface area contributed by atoms with Gasteiger partial charge in [-0.15, -0.1) is 0 Å². The molecule has 4 unspecified atom stereocenters. The second kappa shape index (κ2) is 5.50. The monoisotopic (exact) mass is 256 g/mol. The molecule has 0 aromatic rings. The van der Waals surface area contributed by atoms with Gasteiger partial charge in [-0.25, -0.2) is 0 Å². The van der Waals surface area contributed by atoms with E-state index in [1.54, 1.807) is 0 Å². The van der Waals surface area contributed by atoms with E-state index in [-0.39, 0.29) is 5.54 Å². The standard InChI is InChI=1S/C14H28N2S/c1-11-5-7-16(12(2)9-11)14(10-15)6-4-8-17-13(14)3/h11-13H,4-10,15H2,1-3H3. The molecule has 3 heteroatoms. The van der Waals surface area contributed by atoms with Crippen LogP contribution >= 0.6 is 11.8 Å². The van der Waals surface area contributed by atoms with Crippen molar-refractivity contribution in [3.63, 3.8) is 0 Å². The van der Waals surface area contributed by atoms with Crippen molar-refractivity contribution < 1.29 is 0 Å². The molecule has 2 aliphatic heterocycles. The first-order chi connectivity index (χ1) is 8.10. The molecular weight excluding hydrogens is 228 g/mol. The lowest BCUT2D eigenvalue weighted by Gasteiger charge is -2.54. The summed E-state index contributed by atoms with van der Waals surface area (Å²) >= 11 is 2.12. The Kier molecular flexibility index (Phi) is 4.43. The van der Waals surface area contributed by atoms with Gasteiger partial charge in [-0.3, -0.25) is 4.90 Å². The number of likely N-dealkylation sites (tertiary alicyclic amines) is 1. The Morgan fingerprint density at radius 3 is 2.71 bits per heavy atom. The number of thioether (sulfide) groups is 1. The average Bonchev–Trinajstić information content (AvgIpc) is 2.31. The third-order valence-corrected chi connectivity index (χ3v) is 6.41. The Morgan fingerprint density at radius 1 is 1.35 bits per heavy atom. The molecule has 4 atom stereocenters. The summed E-state index contributed by atoms with van der Waals surface area (Å²) in [6.07, 6.45) is 5.34.